The molecule has 80 valence electrons. The minimum absolute atomic E-state index is 1.08. The molecule has 0 spiro atoms. The summed E-state index contributed by atoms with van der Waals surface area (Å²) in [4.78, 5) is 0. The van der Waals surface area contributed by atoms with Gasteiger partial charge in [0.25, 0.3) is 0 Å². The summed E-state index contributed by atoms with van der Waals surface area (Å²) in [5.74, 6) is 0. The van der Waals surface area contributed by atoms with Gasteiger partial charge in [-0.05, 0) is 24.5 Å². The van der Waals surface area contributed by atoms with Crippen LogP contribution in [-0.4, -0.2) is 4.57 Å². The Morgan fingerprint density at radius 3 is 2.81 bits per heavy atom. The van der Waals surface area contributed by atoms with Crippen LogP contribution in [0.5, 0.6) is 0 Å². The second-order valence-electron chi connectivity index (χ2n) is 4.45. The predicted molar refractivity (Wildman–Crippen MR) is 63.7 cm³/mol. The number of benzene rings is 1. The van der Waals surface area contributed by atoms with Gasteiger partial charge in [-0.1, -0.05) is 24.3 Å². The van der Waals surface area contributed by atoms with Crippen molar-refractivity contribution in [2.24, 2.45) is 7.05 Å². The molecule has 2 nitrogen and oxygen atoms in total. The van der Waals surface area contributed by atoms with E-state index in [1.807, 2.05) is 7.05 Å². The summed E-state index contributed by atoms with van der Waals surface area (Å²) in [6, 6.07) is 8.65. The molecule has 0 saturated carbocycles. The van der Waals surface area contributed by atoms with Crippen LogP contribution in [0.1, 0.15) is 18.1 Å². The van der Waals surface area contributed by atoms with E-state index in [1.165, 1.54) is 22.4 Å². The molecule has 1 aliphatic carbocycles. The van der Waals surface area contributed by atoms with Crippen molar-refractivity contribution in [3.05, 3.63) is 59.7 Å². The first-order chi connectivity index (χ1) is 7.75. The number of imidazole rings is 1. The third kappa shape index (κ3) is 1.30. The van der Waals surface area contributed by atoms with Gasteiger partial charge in [0.2, 0.25) is 6.33 Å². The number of aryl methyl sites for hydroxylation is 1. The molecule has 0 bridgehead atoms. The average molecular weight is 211 g/mol. The summed E-state index contributed by atoms with van der Waals surface area (Å²) in [7, 11) is 2.05. The Morgan fingerprint density at radius 1 is 1.25 bits per heavy atom. The van der Waals surface area contributed by atoms with E-state index in [2.05, 4.69) is 59.0 Å². The quantitative estimate of drug-likeness (QED) is 0.639. The molecule has 16 heavy (non-hydrogen) atoms. The fourth-order valence-electron chi connectivity index (χ4n) is 2.45. The van der Waals surface area contributed by atoms with Crippen molar-refractivity contribution in [2.45, 2.75) is 13.3 Å². The fourth-order valence-corrected chi connectivity index (χ4v) is 2.45. The van der Waals surface area contributed by atoms with Crippen molar-refractivity contribution < 1.29 is 4.57 Å². The average Bonchev–Trinajstić information content (AvgIpc) is 2.80. The van der Waals surface area contributed by atoms with Gasteiger partial charge < -0.3 is 0 Å². The number of rotatable bonds is 1. The smallest absolute Gasteiger partial charge is 0.239 e. The Morgan fingerprint density at radius 2 is 2.06 bits per heavy atom. The second-order valence-corrected chi connectivity index (χ2v) is 4.45. The molecular weight excluding hydrogens is 196 g/mol. The maximum atomic E-state index is 2.22. The Hall–Kier alpha value is -1.83. The molecule has 0 fully saturated rings. The van der Waals surface area contributed by atoms with Crippen LogP contribution in [0.3, 0.4) is 0 Å². The molecule has 1 aliphatic rings. The summed E-state index contributed by atoms with van der Waals surface area (Å²) in [6.45, 7) is 2.22. The molecule has 1 aromatic heterocycles. The zero-order valence-corrected chi connectivity index (χ0v) is 9.64. The van der Waals surface area contributed by atoms with Gasteiger partial charge >= 0.3 is 0 Å². The van der Waals surface area contributed by atoms with Crippen molar-refractivity contribution in [2.75, 3.05) is 0 Å². The molecule has 0 atom stereocenters. The SMILES string of the molecule is CC1=C(n2cc[n+](C)c2)c2ccccc2C1. The van der Waals surface area contributed by atoms with Gasteiger partial charge in [-0.25, -0.2) is 9.13 Å². The first kappa shape index (κ1) is 9.40. The number of nitrogens with zero attached hydrogens (tertiary/aromatic N) is 2. The molecule has 1 aromatic carbocycles. The first-order valence-electron chi connectivity index (χ1n) is 5.57. The van der Waals surface area contributed by atoms with Gasteiger partial charge in [-0.15, -0.1) is 0 Å². The monoisotopic (exact) mass is 211 g/mol. The summed E-state index contributed by atoms with van der Waals surface area (Å²) < 4.78 is 4.28. The first-order valence-corrected chi connectivity index (χ1v) is 5.57. The van der Waals surface area contributed by atoms with E-state index in [9.17, 15) is 0 Å². The van der Waals surface area contributed by atoms with Crippen molar-refractivity contribution in [1.82, 2.24) is 4.57 Å². The topological polar surface area (TPSA) is 8.81 Å². The number of fused-ring (bicyclic) bond motifs is 1. The molecule has 2 heteroatoms. The zero-order chi connectivity index (χ0) is 11.1. The number of allylic oxidation sites excluding steroid dienone is 1. The van der Waals surface area contributed by atoms with Gasteiger partial charge in [0, 0.05) is 5.56 Å². The van der Waals surface area contributed by atoms with Crippen molar-refractivity contribution in [3.8, 4) is 0 Å². The van der Waals surface area contributed by atoms with Crippen LogP contribution in [0, 0.1) is 0 Å². The maximum absolute atomic E-state index is 2.22. The van der Waals surface area contributed by atoms with Crippen LogP contribution in [0.4, 0.5) is 0 Å². The molecule has 0 unspecified atom stereocenters. The molecule has 0 radical (unpaired) electrons. The van der Waals surface area contributed by atoms with Gasteiger partial charge in [-0.2, -0.15) is 0 Å². The molecule has 0 saturated heterocycles. The Labute approximate surface area is 95.5 Å². The molecule has 0 aliphatic heterocycles. The zero-order valence-electron chi connectivity index (χ0n) is 9.64. The highest BCUT2D eigenvalue weighted by atomic mass is 15.1. The molecule has 0 amide bonds. The van der Waals surface area contributed by atoms with E-state index in [-0.39, 0.29) is 0 Å². The van der Waals surface area contributed by atoms with E-state index >= 15 is 0 Å². The lowest BCUT2D eigenvalue weighted by atomic mass is 10.1. The lowest BCUT2D eigenvalue weighted by Gasteiger charge is -2.01. The highest BCUT2D eigenvalue weighted by Crippen LogP contribution is 2.32. The van der Waals surface area contributed by atoms with Crippen molar-refractivity contribution >= 4 is 5.70 Å². The van der Waals surface area contributed by atoms with Crippen LogP contribution in [0.15, 0.2) is 48.6 Å². The third-order valence-corrected chi connectivity index (χ3v) is 3.16. The van der Waals surface area contributed by atoms with Crippen LogP contribution in [-0.2, 0) is 13.5 Å². The molecule has 1 heterocycles. The molecule has 3 rings (SSSR count). The third-order valence-electron chi connectivity index (χ3n) is 3.16. The molecular formula is C14H15N2+. The summed E-state index contributed by atoms with van der Waals surface area (Å²) >= 11 is 0. The minimum Gasteiger partial charge on any atom is -0.239 e. The van der Waals surface area contributed by atoms with Crippen molar-refractivity contribution in [1.29, 1.82) is 0 Å². The standard InChI is InChI=1S/C14H15N2/c1-11-9-12-5-3-4-6-13(12)14(11)16-8-7-15(2)10-16/h3-8,10H,9H2,1-2H3/q+1. The van der Waals surface area contributed by atoms with Crippen LogP contribution < -0.4 is 4.57 Å². The van der Waals surface area contributed by atoms with E-state index < -0.39 is 0 Å². The number of aromatic nitrogens is 2. The lowest BCUT2D eigenvalue weighted by molar-refractivity contribution is -0.670. The van der Waals surface area contributed by atoms with E-state index in [1.54, 1.807) is 0 Å². The summed E-state index contributed by atoms with van der Waals surface area (Å²) in [5, 5.41) is 0. The van der Waals surface area contributed by atoms with Crippen LogP contribution in [0.25, 0.3) is 5.70 Å². The van der Waals surface area contributed by atoms with E-state index in [0.29, 0.717) is 0 Å². The summed E-state index contributed by atoms with van der Waals surface area (Å²) in [6.07, 6.45) is 7.37. The second kappa shape index (κ2) is 3.34. The van der Waals surface area contributed by atoms with E-state index in [0.717, 1.165) is 6.42 Å². The Bertz CT molecular complexity index is 576. The van der Waals surface area contributed by atoms with Gasteiger partial charge in [0.15, 0.2) is 0 Å². The normalized spacial score (nSPS) is 14.4. The summed E-state index contributed by atoms with van der Waals surface area (Å²) in [5.41, 5.74) is 5.59. The lowest BCUT2D eigenvalue weighted by Crippen LogP contribution is -2.23. The van der Waals surface area contributed by atoms with Crippen molar-refractivity contribution in [3.63, 3.8) is 0 Å². The highest BCUT2D eigenvalue weighted by molar-refractivity contribution is 5.75. The fraction of sp³-hybridized carbons (Fsp3) is 0.214. The van der Waals surface area contributed by atoms with Crippen LogP contribution in [0.2, 0.25) is 0 Å². The Balaban J connectivity index is 2.18. The highest BCUT2D eigenvalue weighted by Gasteiger charge is 2.23. The maximum Gasteiger partial charge on any atom is 0.248 e. The minimum atomic E-state index is 1.08. The van der Waals surface area contributed by atoms with E-state index in [4.69, 9.17) is 0 Å². The van der Waals surface area contributed by atoms with Gasteiger partial charge in [0.05, 0.1) is 7.05 Å². The largest absolute Gasteiger partial charge is 0.248 e. The Kier molecular flexibility index (Phi) is 1.96. The van der Waals surface area contributed by atoms with Gasteiger partial charge in [-0.3, -0.25) is 0 Å². The predicted octanol–water partition coefficient (Wildman–Crippen LogP) is 2.15. The number of hydrogen-bond donors (Lipinski definition) is 0. The molecule has 2 aromatic rings. The number of hydrogen-bond acceptors (Lipinski definition) is 0. The van der Waals surface area contributed by atoms with Crippen LogP contribution >= 0.6 is 0 Å². The molecule has 0 N–H and O–H groups in total. The van der Waals surface area contributed by atoms with Gasteiger partial charge in [0.1, 0.15) is 18.1 Å².